The summed E-state index contributed by atoms with van der Waals surface area (Å²) in [5, 5.41) is 2.91. The molecule has 0 spiro atoms. The van der Waals surface area contributed by atoms with E-state index >= 15 is 0 Å². The molecule has 1 amide bonds. The van der Waals surface area contributed by atoms with E-state index in [1.807, 2.05) is 24.3 Å². The summed E-state index contributed by atoms with van der Waals surface area (Å²) in [4.78, 5) is 12.0. The van der Waals surface area contributed by atoms with Crippen molar-refractivity contribution >= 4 is 11.6 Å². The summed E-state index contributed by atoms with van der Waals surface area (Å²) in [6, 6.07) is 7.48. The van der Waals surface area contributed by atoms with Crippen LogP contribution >= 0.6 is 0 Å². The van der Waals surface area contributed by atoms with Crippen LogP contribution in [-0.4, -0.2) is 19.1 Å². The lowest BCUT2D eigenvalue weighted by molar-refractivity contribution is -0.120. The average Bonchev–Trinajstić information content (AvgIpc) is 3.18. The van der Waals surface area contributed by atoms with Gasteiger partial charge in [-0.25, -0.2) is 0 Å². The van der Waals surface area contributed by atoms with Gasteiger partial charge in [0, 0.05) is 18.3 Å². The number of nitrogens with one attached hydrogen (secondary N) is 1. The van der Waals surface area contributed by atoms with Crippen molar-refractivity contribution in [1.29, 1.82) is 0 Å². The number of anilines is 1. The first kappa shape index (κ1) is 12.9. The zero-order valence-electron chi connectivity index (χ0n) is 10.7. The molecule has 1 aliphatic carbocycles. The molecule has 2 rings (SSSR count). The van der Waals surface area contributed by atoms with Crippen LogP contribution < -0.4 is 15.8 Å². The standard InChI is InChI=1S/C14H20N2O2/c1-2-8-18-12-5-3-4-11(9-12)16-13(17)14(10-15)6-7-14/h3-5,9H,2,6-8,10,15H2,1H3,(H,16,17). The van der Waals surface area contributed by atoms with Gasteiger partial charge in [-0.1, -0.05) is 13.0 Å². The van der Waals surface area contributed by atoms with Gasteiger partial charge >= 0.3 is 0 Å². The van der Waals surface area contributed by atoms with Crippen LogP contribution in [0.2, 0.25) is 0 Å². The quantitative estimate of drug-likeness (QED) is 0.810. The van der Waals surface area contributed by atoms with Crippen LogP contribution in [0.25, 0.3) is 0 Å². The lowest BCUT2D eigenvalue weighted by Crippen LogP contribution is -2.30. The van der Waals surface area contributed by atoms with Crippen molar-refractivity contribution in [2.24, 2.45) is 11.1 Å². The predicted octanol–water partition coefficient (Wildman–Crippen LogP) is 2.15. The van der Waals surface area contributed by atoms with Crippen LogP contribution in [0.15, 0.2) is 24.3 Å². The number of rotatable bonds is 6. The number of hydrogen-bond donors (Lipinski definition) is 2. The van der Waals surface area contributed by atoms with E-state index in [2.05, 4.69) is 12.2 Å². The van der Waals surface area contributed by atoms with Gasteiger partial charge in [0.25, 0.3) is 0 Å². The Labute approximate surface area is 108 Å². The van der Waals surface area contributed by atoms with Crippen molar-refractivity contribution in [3.63, 3.8) is 0 Å². The van der Waals surface area contributed by atoms with Crippen molar-refractivity contribution < 1.29 is 9.53 Å². The van der Waals surface area contributed by atoms with Gasteiger partial charge in [0.1, 0.15) is 5.75 Å². The van der Waals surface area contributed by atoms with Gasteiger partial charge in [0.2, 0.25) is 5.91 Å². The Morgan fingerprint density at radius 3 is 2.89 bits per heavy atom. The molecule has 3 N–H and O–H groups in total. The zero-order chi connectivity index (χ0) is 13.0. The molecule has 4 nitrogen and oxygen atoms in total. The molecule has 1 fully saturated rings. The number of carbonyl (C=O) groups excluding carboxylic acids is 1. The van der Waals surface area contributed by atoms with Crippen LogP contribution in [0, 0.1) is 5.41 Å². The van der Waals surface area contributed by atoms with Crippen molar-refractivity contribution in [3.8, 4) is 5.75 Å². The van der Waals surface area contributed by atoms with E-state index in [1.165, 1.54) is 0 Å². The molecular formula is C14H20N2O2. The first-order chi connectivity index (χ1) is 8.70. The second-order valence-electron chi connectivity index (χ2n) is 4.81. The Morgan fingerprint density at radius 2 is 2.28 bits per heavy atom. The van der Waals surface area contributed by atoms with E-state index in [1.54, 1.807) is 0 Å². The minimum absolute atomic E-state index is 0.0256. The lowest BCUT2D eigenvalue weighted by atomic mass is 10.1. The van der Waals surface area contributed by atoms with Crippen LogP contribution in [0.5, 0.6) is 5.75 Å². The van der Waals surface area contributed by atoms with Crippen LogP contribution in [0.3, 0.4) is 0 Å². The second kappa shape index (κ2) is 5.40. The smallest absolute Gasteiger partial charge is 0.231 e. The SMILES string of the molecule is CCCOc1cccc(NC(=O)C2(CN)CC2)c1. The predicted molar refractivity (Wildman–Crippen MR) is 71.6 cm³/mol. The molecule has 1 saturated carbocycles. The topological polar surface area (TPSA) is 64.3 Å². The summed E-state index contributed by atoms with van der Waals surface area (Å²) in [5.74, 6) is 0.810. The minimum atomic E-state index is -0.319. The van der Waals surface area contributed by atoms with Crippen LogP contribution in [-0.2, 0) is 4.79 Å². The van der Waals surface area contributed by atoms with Gasteiger partial charge in [0.15, 0.2) is 0 Å². The number of nitrogens with two attached hydrogens (primary N) is 1. The molecule has 0 unspecified atom stereocenters. The first-order valence-corrected chi connectivity index (χ1v) is 6.44. The first-order valence-electron chi connectivity index (χ1n) is 6.44. The molecule has 0 atom stereocenters. The van der Waals surface area contributed by atoms with Gasteiger partial charge < -0.3 is 15.8 Å². The Hall–Kier alpha value is -1.55. The molecule has 0 saturated heterocycles. The molecular weight excluding hydrogens is 228 g/mol. The summed E-state index contributed by atoms with van der Waals surface area (Å²) in [7, 11) is 0. The Kier molecular flexibility index (Phi) is 3.87. The normalized spacial score (nSPS) is 16.1. The molecule has 98 valence electrons. The Balaban J connectivity index is 1.98. The van der Waals surface area contributed by atoms with E-state index in [4.69, 9.17) is 10.5 Å². The lowest BCUT2D eigenvalue weighted by Gasteiger charge is -2.13. The molecule has 1 aromatic rings. The fourth-order valence-electron chi connectivity index (χ4n) is 1.82. The zero-order valence-corrected chi connectivity index (χ0v) is 10.7. The second-order valence-corrected chi connectivity index (χ2v) is 4.81. The Morgan fingerprint density at radius 1 is 1.50 bits per heavy atom. The number of hydrogen-bond acceptors (Lipinski definition) is 3. The highest BCUT2D eigenvalue weighted by molar-refractivity contribution is 5.97. The third-order valence-electron chi connectivity index (χ3n) is 3.29. The van der Waals surface area contributed by atoms with Gasteiger partial charge in [0.05, 0.1) is 12.0 Å². The number of amides is 1. The minimum Gasteiger partial charge on any atom is -0.494 e. The molecule has 0 aliphatic heterocycles. The monoisotopic (exact) mass is 248 g/mol. The van der Waals surface area contributed by atoms with Crippen LogP contribution in [0.4, 0.5) is 5.69 Å². The summed E-state index contributed by atoms with van der Waals surface area (Å²) >= 11 is 0. The average molecular weight is 248 g/mol. The summed E-state index contributed by atoms with van der Waals surface area (Å²) < 4.78 is 5.53. The van der Waals surface area contributed by atoms with E-state index in [0.717, 1.165) is 30.7 Å². The van der Waals surface area contributed by atoms with Crippen molar-refractivity contribution in [3.05, 3.63) is 24.3 Å². The summed E-state index contributed by atoms with van der Waals surface area (Å²) in [6.45, 7) is 3.17. The molecule has 1 aliphatic rings. The van der Waals surface area contributed by atoms with E-state index in [0.29, 0.717) is 13.2 Å². The van der Waals surface area contributed by atoms with E-state index in [9.17, 15) is 4.79 Å². The molecule has 1 aromatic carbocycles. The number of benzene rings is 1. The maximum atomic E-state index is 12.0. The molecule has 0 radical (unpaired) electrons. The van der Waals surface area contributed by atoms with Crippen molar-refractivity contribution in [2.75, 3.05) is 18.5 Å². The van der Waals surface area contributed by atoms with Gasteiger partial charge in [-0.05, 0) is 31.4 Å². The Bertz CT molecular complexity index is 428. The maximum Gasteiger partial charge on any atom is 0.231 e. The van der Waals surface area contributed by atoms with Crippen molar-refractivity contribution in [1.82, 2.24) is 0 Å². The molecule has 4 heteroatoms. The highest BCUT2D eigenvalue weighted by atomic mass is 16.5. The molecule has 18 heavy (non-hydrogen) atoms. The molecule has 0 aromatic heterocycles. The van der Waals surface area contributed by atoms with Gasteiger partial charge in [-0.2, -0.15) is 0 Å². The van der Waals surface area contributed by atoms with Crippen molar-refractivity contribution in [2.45, 2.75) is 26.2 Å². The van der Waals surface area contributed by atoms with Gasteiger partial charge in [-0.15, -0.1) is 0 Å². The summed E-state index contributed by atoms with van der Waals surface area (Å²) in [5.41, 5.74) is 6.09. The van der Waals surface area contributed by atoms with Crippen LogP contribution in [0.1, 0.15) is 26.2 Å². The fraction of sp³-hybridized carbons (Fsp3) is 0.500. The fourth-order valence-corrected chi connectivity index (χ4v) is 1.82. The third-order valence-corrected chi connectivity index (χ3v) is 3.29. The summed E-state index contributed by atoms with van der Waals surface area (Å²) in [6.07, 6.45) is 2.75. The largest absolute Gasteiger partial charge is 0.494 e. The maximum absolute atomic E-state index is 12.0. The molecule has 0 bridgehead atoms. The number of carbonyl (C=O) groups is 1. The van der Waals surface area contributed by atoms with Gasteiger partial charge in [-0.3, -0.25) is 4.79 Å². The molecule has 0 heterocycles. The highest BCUT2D eigenvalue weighted by Crippen LogP contribution is 2.45. The van der Waals surface area contributed by atoms with E-state index < -0.39 is 0 Å². The number of ether oxygens (including phenoxy) is 1. The third kappa shape index (κ3) is 2.82. The van der Waals surface area contributed by atoms with E-state index in [-0.39, 0.29) is 11.3 Å². The highest BCUT2D eigenvalue weighted by Gasteiger charge is 2.48.